The second-order valence-corrected chi connectivity index (χ2v) is 4.58. The van der Waals surface area contributed by atoms with Crippen LogP contribution in [-0.2, 0) is 9.59 Å². The first-order valence-corrected chi connectivity index (χ1v) is 6.32. The van der Waals surface area contributed by atoms with Crippen molar-refractivity contribution in [1.29, 1.82) is 0 Å². The number of carboxylic acids is 1. The molecule has 0 atom stereocenters. The highest BCUT2D eigenvalue weighted by Crippen LogP contribution is 2.15. The van der Waals surface area contributed by atoms with Gasteiger partial charge in [0.15, 0.2) is 0 Å². The summed E-state index contributed by atoms with van der Waals surface area (Å²) in [5.41, 5.74) is 0. The van der Waals surface area contributed by atoms with E-state index in [2.05, 4.69) is 17.1 Å². The van der Waals surface area contributed by atoms with Crippen molar-refractivity contribution < 1.29 is 14.7 Å². The fourth-order valence-corrected chi connectivity index (χ4v) is 2.07. The van der Waals surface area contributed by atoms with Crippen LogP contribution < -0.4 is 5.32 Å². The molecule has 0 radical (unpaired) electrons. The van der Waals surface area contributed by atoms with Crippen molar-refractivity contribution in [2.45, 2.75) is 32.6 Å². The van der Waals surface area contributed by atoms with E-state index in [-0.39, 0.29) is 18.7 Å². The van der Waals surface area contributed by atoms with E-state index in [1.165, 1.54) is 0 Å². The zero-order valence-electron chi connectivity index (χ0n) is 10.4. The van der Waals surface area contributed by atoms with E-state index in [1.807, 2.05) is 0 Å². The van der Waals surface area contributed by atoms with Crippen LogP contribution in [0, 0.1) is 5.92 Å². The van der Waals surface area contributed by atoms with Gasteiger partial charge >= 0.3 is 5.97 Å². The van der Waals surface area contributed by atoms with Crippen LogP contribution in [0.3, 0.4) is 0 Å². The van der Waals surface area contributed by atoms with Crippen LogP contribution in [0.2, 0.25) is 0 Å². The molecule has 1 rings (SSSR count). The molecule has 1 aliphatic rings. The SMILES string of the molecule is CCN1CCC(CNC(=O)CCC(=O)O)CC1. The van der Waals surface area contributed by atoms with E-state index in [4.69, 9.17) is 5.11 Å². The zero-order chi connectivity index (χ0) is 12.7. The Kier molecular flexibility index (Phi) is 5.97. The van der Waals surface area contributed by atoms with Crippen LogP contribution in [0.5, 0.6) is 0 Å². The number of hydrogen-bond acceptors (Lipinski definition) is 3. The standard InChI is InChI=1S/C12H22N2O3/c1-2-14-7-5-10(6-8-14)9-13-11(15)3-4-12(16)17/h10H,2-9H2,1H3,(H,13,15)(H,16,17). The second-order valence-electron chi connectivity index (χ2n) is 4.58. The van der Waals surface area contributed by atoms with Crippen molar-refractivity contribution in [2.24, 2.45) is 5.92 Å². The van der Waals surface area contributed by atoms with Gasteiger partial charge in [-0.3, -0.25) is 9.59 Å². The number of likely N-dealkylation sites (tertiary alicyclic amines) is 1. The molecule has 5 heteroatoms. The molecule has 5 nitrogen and oxygen atoms in total. The van der Waals surface area contributed by atoms with Gasteiger partial charge in [0, 0.05) is 13.0 Å². The number of hydrogen-bond donors (Lipinski definition) is 2. The first-order valence-electron chi connectivity index (χ1n) is 6.32. The predicted molar refractivity (Wildman–Crippen MR) is 64.7 cm³/mol. The highest BCUT2D eigenvalue weighted by Gasteiger charge is 2.18. The third-order valence-corrected chi connectivity index (χ3v) is 3.31. The van der Waals surface area contributed by atoms with Gasteiger partial charge in [-0.25, -0.2) is 0 Å². The number of aliphatic carboxylic acids is 1. The molecule has 0 spiro atoms. The maximum Gasteiger partial charge on any atom is 0.303 e. The summed E-state index contributed by atoms with van der Waals surface area (Å²) in [6.45, 7) is 6.15. The summed E-state index contributed by atoms with van der Waals surface area (Å²) in [6.07, 6.45) is 2.24. The third kappa shape index (κ3) is 5.68. The lowest BCUT2D eigenvalue weighted by Gasteiger charge is -2.31. The van der Waals surface area contributed by atoms with Crippen LogP contribution in [0.4, 0.5) is 0 Å². The van der Waals surface area contributed by atoms with Crippen molar-refractivity contribution in [3.63, 3.8) is 0 Å². The maximum absolute atomic E-state index is 11.3. The van der Waals surface area contributed by atoms with E-state index < -0.39 is 5.97 Å². The van der Waals surface area contributed by atoms with Gasteiger partial charge in [-0.15, -0.1) is 0 Å². The van der Waals surface area contributed by atoms with Gasteiger partial charge in [0.25, 0.3) is 0 Å². The Hall–Kier alpha value is -1.10. The van der Waals surface area contributed by atoms with Crippen LogP contribution in [0.1, 0.15) is 32.6 Å². The fourth-order valence-electron chi connectivity index (χ4n) is 2.07. The van der Waals surface area contributed by atoms with Crippen LogP contribution in [0.15, 0.2) is 0 Å². The van der Waals surface area contributed by atoms with E-state index in [1.54, 1.807) is 0 Å². The van der Waals surface area contributed by atoms with Crippen molar-refractivity contribution in [2.75, 3.05) is 26.2 Å². The molecule has 1 saturated heterocycles. The minimum absolute atomic E-state index is 0.0832. The summed E-state index contributed by atoms with van der Waals surface area (Å²) in [4.78, 5) is 24.0. The Labute approximate surface area is 102 Å². The Morgan fingerprint density at radius 3 is 2.47 bits per heavy atom. The summed E-state index contributed by atoms with van der Waals surface area (Å²) in [7, 11) is 0. The number of nitrogens with one attached hydrogen (secondary N) is 1. The second kappa shape index (κ2) is 7.27. The largest absolute Gasteiger partial charge is 0.481 e. The minimum atomic E-state index is -0.920. The lowest BCUT2D eigenvalue weighted by molar-refractivity contribution is -0.138. The molecule has 17 heavy (non-hydrogen) atoms. The molecule has 1 aliphatic heterocycles. The van der Waals surface area contributed by atoms with Crippen LogP contribution >= 0.6 is 0 Å². The fraction of sp³-hybridized carbons (Fsp3) is 0.833. The lowest BCUT2D eigenvalue weighted by Crippen LogP contribution is -2.38. The number of piperidine rings is 1. The van der Waals surface area contributed by atoms with Gasteiger partial charge in [0.05, 0.1) is 6.42 Å². The van der Waals surface area contributed by atoms with Gasteiger partial charge in [0.1, 0.15) is 0 Å². The Balaban J connectivity index is 2.10. The molecule has 98 valence electrons. The normalized spacial score (nSPS) is 17.9. The summed E-state index contributed by atoms with van der Waals surface area (Å²) >= 11 is 0. The summed E-state index contributed by atoms with van der Waals surface area (Å²) in [6, 6.07) is 0. The van der Waals surface area contributed by atoms with E-state index in [9.17, 15) is 9.59 Å². The number of rotatable bonds is 6. The first kappa shape index (κ1) is 14.0. The first-order chi connectivity index (χ1) is 8.11. The average Bonchev–Trinajstić information content (AvgIpc) is 2.34. The van der Waals surface area contributed by atoms with Gasteiger partial charge in [0.2, 0.25) is 5.91 Å². The molecule has 0 saturated carbocycles. The zero-order valence-corrected chi connectivity index (χ0v) is 10.4. The minimum Gasteiger partial charge on any atom is -0.481 e. The number of carbonyl (C=O) groups excluding carboxylic acids is 1. The van der Waals surface area contributed by atoms with E-state index >= 15 is 0 Å². The molecule has 0 aromatic rings. The van der Waals surface area contributed by atoms with Gasteiger partial charge < -0.3 is 15.3 Å². The molecule has 0 bridgehead atoms. The van der Waals surface area contributed by atoms with E-state index in [0.717, 1.165) is 32.5 Å². The predicted octanol–water partition coefficient (Wildman–Crippen LogP) is 0.699. The number of carboxylic acid groups (broad SMARTS) is 1. The molecule has 0 aliphatic carbocycles. The molecule has 0 aromatic carbocycles. The molecule has 0 unspecified atom stereocenters. The maximum atomic E-state index is 11.3. The molecule has 1 amide bonds. The topological polar surface area (TPSA) is 69.6 Å². The number of carbonyl (C=O) groups is 2. The van der Waals surface area contributed by atoms with Crippen molar-refractivity contribution >= 4 is 11.9 Å². The Morgan fingerprint density at radius 1 is 1.29 bits per heavy atom. The number of nitrogens with zero attached hydrogens (tertiary/aromatic N) is 1. The quantitative estimate of drug-likeness (QED) is 0.719. The smallest absolute Gasteiger partial charge is 0.303 e. The van der Waals surface area contributed by atoms with Gasteiger partial charge in [-0.2, -0.15) is 0 Å². The van der Waals surface area contributed by atoms with Crippen LogP contribution in [-0.4, -0.2) is 48.1 Å². The summed E-state index contributed by atoms with van der Waals surface area (Å²) < 4.78 is 0. The molecular formula is C12H22N2O3. The monoisotopic (exact) mass is 242 g/mol. The third-order valence-electron chi connectivity index (χ3n) is 3.31. The number of amides is 1. The van der Waals surface area contributed by atoms with Crippen molar-refractivity contribution in [3.05, 3.63) is 0 Å². The van der Waals surface area contributed by atoms with Crippen LogP contribution in [0.25, 0.3) is 0 Å². The highest BCUT2D eigenvalue weighted by atomic mass is 16.4. The van der Waals surface area contributed by atoms with Crippen molar-refractivity contribution in [3.8, 4) is 0 Å². The molecule has 1 fully saturated rings. The lowest BCUT2D eigenvalue weighted by atomic mass is 9.97. The van der Waals surface area contributed by atoms with Gasteiger partial charge in [-0.05, 0) is 38.4 Å². The summed E-state index contributed by atoms with van der Waals surface area (Å²) in [5, 5.41) is 11.3. The molecule has 2 N–H and O–H groups in total. The average molecular weight is 242 g/mol. The van der Waals surface area contributed by atoms with E-state index in [0.29, 0.717) is 12.5 Å². The van der Waals surface area contributed by atoms with Gasteiger partial charge in [-0.1, -0.05) is 6.92 Å². The molecule has 1 heterocycles. The summed E-state index contributed by atoms with van der Waals surface area (Å²) in [5.74, 6) is -0.520. The Morgan fingerprint density at radius 2 is 1.94 bits per heavy atom. The van der Waals surface area contributed by atoms with Crippen molar-refractivity contribution in [1.82, 2.24) is 10.2 Å². The molecule has 0 aromatic heterocycles. The highest BCUT2D eigenvalue weighted by molar-refractivity contribution is 5.80. The Bertz CT molecular complexity index is 260. The molecular weight excluding hydrogens is 220 g/mol.